The van der Waals surface area contributed by atoms with E-state index in [1.807, 2.05) is 24.3 Å². The normalized spacial score (nSPS) is 12.1. The third kappa shape index (κ3) is 5.69. The van der Waals surface area contributed by atoms with Gasteiger partial charge in [-0.2, -0.15) is 0 Å². The maximum Gasteiger partial charge on any atom is 0.415 e. The predicted molar refractivity (Wildman–Crippen MR) is 121 cm³/mol. The van der Waals surface area contributed by atoms with Crippen LogP contribution in [0.3, 0.4) is 0 Å². The summed E-state index contributed by atoms with van der Waals surface area (Å²) >= 11 is 0. The van der Waals surface area contributed by atoms with Crippen LogP contribution >= 0.6 is 0 Å². The summed E-state index contributed by atoms with van der Waals surface area (Å²) in [6.07, 6.45) is 2.55. The molecule has 2 aromatic carbocycles. The first-order valence-corrected chi connectivity index (χ1v) is 10.2. The van der Waals surface area contributed by atoms with Crippen molar-refractivity contribution in [3.63, 3.8) is 0 Å². The van der Waals surface area contributed by atoms with E-state index in [2.05, 4.69) is 4.98 Å². The molecule has 2 N–H and O–H groups in total. The van der Waals surface area contributed by atoms with Gasteiger partial charge < -0.3 is 10.5 Å². The van der Waals surface area contributed by atoms with Crippen molar-refractivity contribution in [3.8, 4) is 11.1 Å². The van der Waals surface area contributed by atoms with E-state index in [0.29, 0.717) is 5.69 Å². The number of aromatic nitrogens is 1. The van der Waals surface area contributed by atoms with E-state index in [1.54, 1.807) is 63.5 Å². The highest BCUT2D eigenvalue weighted by Gasteiger charge is 2.34. The number of carbonyl (C=O) groups excluding carboxylic acids is 2. The van der Waals surface area contributed by atoms with Gasteiger partial charge in [-0.1, -0.05) is 30.3 Å². The van der Waals surface area contributed by atoms with Crippen LogP contribution < -0.4 is 10.6 Å². The van der Waals surface area contributed by atoms with Crippen molar-refractivity contribution in [2.24, 2.45) is 5.73 Å². The topological polar surface area (TPSA) is 85.5 Å². The van der Waals surface area contributed by atoms with Crippen molar-refractivity contribution < 1.29 is 18.7 Å². The number of halogens is 1. The third-order valence-electron chi connectivity index (χ3n) is 4.76. The van der Waals surface area contributed by atoms with Crippen LogP contribution in [0.2, 0.25) is 0 Å². The van der Waals surface area contributed by atoms with Crippen molar-refractivity contribution in [2.45, 2.75) is 38.8 Å². The largest absolute Gasteiger partial charge is 0.443 e. The zero-order valence-electron chi connectivity index (χ0n) is 18.3. The Kier molecular flexibility index (Phi) is 6.88. The zero-order valence-corrected chi connectivity index (χ0v) is 18.3. The van der Waals surface area contributed by atoms with Crippen LogP contribution in [0.5, 0.6) is 0 Å². The van der Waals surface area contributed by atoms with Gasteiger partial charge >= 0.3 is 6.09 Å². The fourth-order valence-corrected chi connectivity index (χ4v) is 3.27. The summed E-state index contributed by atoms with van der Waals surface area (Å²) in [7, 11) is 0. The van der Waals surface area contributed by atoms with Gasteiger partial charge in [0, 0.05) is 24.5 Å². The van der Waals surface area contributed by atoms with Crippen molar-refractivity contribution in [3.05, 3.63) is 84.4 Å². The number of hydrogen-bond donors (Lipinski definition) is 1. The highest BCUT2D eigenvalue weighted by atomic mass is 19.1. The molecule has 1 heterocycles. The van der Waals surface area contributed by atoms with Gasteiger partial charge in [0.1, 0.15) is 17.5 Å². The molecule has 0 saturated heterocycles. The molecule has 32 heavy (non-hydrogen) atoms. The summed E-state index contributed by atoms with van der Waals surface area (Å²) in [6.45, 7) is 5.18. The Morgan fingerprint density at radius 1 is 1.00 bits per heavy atom. The Balaban J connectivity index is 2.01. The van der Waals surface area contributed by atoms with Crippen LogP contribution in [0.15, 0.2) is 73.1 Å². The van der Waals surface area contributed by atoms with Gasteiger partial charge in [0.25, 0.3) is 0 Å². The Morgan fingerprint density at radius 2 is 1.59 bits per heavy atom. The lowest BCUT2D eigenvalue weighted by atomic mass is 10.0. The smallest absolute Gasteiger partial charge is 0.415 e. The number of pyridine rings is 1. The molecule has 0 spiro atoms. The Bertz CT molecular complexity index is 1080. The number of anilines is 1. The monoisotopic (exact) mass is 435 g/mol. The number of amides is 2. The molecule has 2 amide bonds. The summed E-state index contributed by atoms with van der Waals surface area (Å²) in [5.41, 5.74) is 7.43. The van der Waals surface area contributed by atoms with Crippen molar-refractivity contribution in [1.82, 2.24) is 4.98 Å². The number of ether oxygens (including phenoxy) is 1. The minimum Gasteiger partial charge on any atom is -0.443 e. The number of nitrogens with zero attached hydrogens (tertiary/aromatic N) is 2. The van der Waals surface area contributed by atoms with Gasteiger partial charge in [0.05, 0.1) is 0 Å². The third-order valence-corrected chi connectivity index (χ3v) is 4.76. The molecular formula is C25H26FN3O3. The number of carbonyl (C=O) groups is 2. The van der Waals surface area contributed by atoms with Crippen LogP contribution in [-0.4, -0.2) is 28.6 Å². The van der Waals surface area contributed by atoms with E-state index < -0.39 is 29.5 Å². The Morgan fingerprint density at radius 3 is 2.16 bits per heavy atom. The van der Waals surface area contributed by atoms with Crippen LogP contribution in [0, 0.1) is 5.82 Å². The summed E-state index contributed by atoms with van der Waals surface area (Å²) in [4.78, 5) is 30.8. The fourth-order valence-electron chi connectivity index (χ4n) is 3.27. The molecule has 0 radical (unpaired) electrons. The second-order valence-corrected chi connectivity index (χ2v) is 8.35. The summed E-state index contributed by atoms with van der Waals surface area (Å²) in [6, 6.07) is 15.7. The quantitative estimate of drug-likeness (QED) is 0.607. The van der Waals surface area contributed by atoms with E-state index in [0.717, 1.165) is 11.1 Å². The van der Waals surface area contributed by atoms with Crippen LogP contribution in [-0.2, 0) is 16.0 Å². The molecule has 0 aliphatic carbocycles. The molecule has 0 aliphatic heterocycles. The fraction of sp³-hybridized carbons (Fsp3) is 0.240. The zero-order chi connectivity index (χ0) is 23.3. The average Bonchev–Trinajstić information content (AvgIpc) is 2.74. The highest BCUT2D eigenvalue weighted by Crippen LogP contribution is 2.27. The second kappa shape index (κ2) is 9.60. The van der Waals surface area contributed by atoms with E-state index in [9.17, 15) is 14.0 Å². The number of primary amides is 1. The van der Waals surface area contributed by atoms with Gasteiger partial charge in [-0.05, 0) is 67.8 Å². The van der Waals surface area contributed by atoms with E-state index >= 15 is 0 Å². The maximum absolute atomic E-state index is 14.3. The highest BCUT2D eigenvalue weighted by molar-refractivity contribution is 5.97. The molecule has 0 fully saturated rings. The molecule has 6 nitrogen and oxygen atoms in total. The summed E-state index contributed by atoms with van der Waals surface area (Å²) in [5, 5.41) is 0. The van der Waals surface area contributed by atoms with Crippen molar-refractivity contribution >= 4 is 17.7 Å². The van der Waals surface area contributed by atoms with E-state index in [4.69, 9.17) is 10.5 Å². The minimum atomic E-state index is -1.14. The first kappa shape index (κ1) is 22.9. The molecule has 166 valence electrons. The van der Waals surface area contributed by atoms with Crippen molar-refractivity contribution in [2.75, 3.05) is 4.90 Å². The second-order valence-electron chi connectivity index (χ2n) is 8.35. The molecule has 1 atom stereocenters. The van der Waals surface area contributed by atoms with Crippen LogP contribution in [0.1, 0.15) is 26.3 Å². The lowest BCUT2D eigenvalue weighted by Crippen LogP contribution is -2.51. The van der Waals surface area contributed by atoms with E-state index in [-0.39, 0.29) is 12.0 Å². The van der Waals surface area contributed by atoms with Gasteiger partial charge in [-0.15, -0.1) is 0 Å². The van der Waals surface area contributed by atoms with Gasteiger partial charge in [-0.3, -0.25) is 14.7 Å². The molecule has 3 rings (SSSR count). The first-order chi connectivity index (χ1) is 15.2. The van der Waals surface area contributed by atoms with Crippen LogP contribution in [0.4, 0.5) is 14.9 Å². The van der Waals surface area contributed by atoms with Crippen LogP contribution in [0.25, 0.3) is 11.1 Å². The lowest BCUT2D eigenvalue weighted by Gasteiger charge is -2.32. The van der Waals surface area contributed by atoms with Gasteiger partial charge in [0.2, 0.25) is 5.91 Å². The molecular weight excluding hydrogens is 409 g/mol. The van der Waals surface area contributed by atoms with Gasteiger partial charge in [0.15, 0.2) is 0 Å². The van der Waals surface area contributed by atoms with Gasteiger partial charge in [-0.25, -0.2) is 9.18 Å². The first-order valence-electron chi connectivity index (χ1n) is 10.2. The lowest BCUT2D eigenvalue weighted by molar-refractivity contribution is -0.119. The summed E-state index contributed by atoms with van der Waals surface area (Å²) < 4.78 is 19.8. The standard InChI is InChI=1S/C25H26FN3O3/c1-25(2,3)32-24(31)29(22(23(27)30)16-19-6-4-5-7-21(19)26)20-10-8-17(9-11-20)18-12-14-28-15-13-18/h4-15,22H,16H2,1-3H3,(H2,27,30)/t22-/m1/s1. The SMILES string of the molecule is CC(C)(C)OC(=O)N(c1ccc(-c2ccncc2)cc1)[C@H](Cc1ccccc1F)C(N)=O. The molecule has 0 saturated carbocycles. The van der Waals surface area contributed by atoms with Crippen molar-refractivity contribution in [1.29, 1.82) is 0 Å². The Labute approximate surface area is 186 Å². The number of hydrogen-bond acceptors (Lipinski definition) is 4. The number of nitrogens with two attached hydrogens (primary N) is 1. The Hall–Kier alpha value is -3.74. The summed E-state index contributed by atoms with van der Waals surface area (Å²) in [5.74, 6) is -1.24. The molecule has 0 aliphatic rings. The molecule has 0 bridgehead atoms. The molecule has 1 aromatic heterocycles. The average molecular weight is 435 g/mol. The molecule has 0 unspecified atom stereocenters. The number of benzene rings is 2. The maximum atomic E-state index is 14.3. The minimum absolute atomic E-state index is 0.0899. The number of rotatable bonds is 6. The molecule has 3 aromatic rings. The molecule has 7 heteroatoms. The predicted octanol–water partition coefficient (Wildman–Crippen LogP) is 4.73. The van der Waals surface area contributed by atoms with E-state index in [1.165, 1.54) is 11.0 Å².